The number of hydrazine groups is 1. The van der Waals surface area contributed by atoms with Crippen molar-refractivity contribution in [1.29, 1.82) is 0 Å². The first-order valence-electron chi connectivity index (χ1n) is 5.94. The molecule has 0 saturated carbocycles. The molecule has 3 rings (SSSR count). The minimum absolute atomic E-state index is 0.117. The van der Waals surface area contributed by atoms with Crippen LogP contribution in [-0.2, 0) is 6.42 Å². The topological polar surface area (TPSA) is 38.0 Å². The molecule has 2 aromatic heterocycles. The van der Waals surface area contributed by atoms with Crippen molar-refractivity contribution in [1.82, 2.24) is 5.43 Å². The van der Waals surface area contributed by atoms with E-state index in [0.29, 0.717) is 0 Å². The summed E-state index contributed by atoms with van der Waals surface area (Å²) < 4.78 is 2.11. The van der Waals surface area contributed by atoms with E-state index in [1.54, 1.807) is 22.7 Å². The molecule has 0 bridgehead atoms. The van der Waals surface area contributed by atoms with Crippen LogP contribution >= 0.6 is 34.3 Å². The van der Waals surface area contributed by atoms with Gasteiger partial charge in [-0.1, -0.05) is 29.8 Å². The van der Waals surface area contributed by atoms with Gasteiger partial charge in [0.15, 0.2) is 0 Å². The molecule has 0 aliphatic rings. The number of hydrogen-bond acceptors (Lipinski definition) is 4. The number of halogens is 1. The van der Waals surface area contributed by atoms with Crippen LogP contribution in [-0.4, -0.2) is 0 Å². The Kier molecular flexibility index (Phi) is 3.86. The molecule has 0 amide bonds. The second-order valence-electron chi connectivity index (χ2n) is 4.32. The maximum absolute atomic E-state index is 5.98. The highest BCUT2D eigenvalue weighted by Gasteiger charge is 2.16. The predicted molar refractivity (Wildman–Crippen MR) is 84.9 cm³/mol. The van der Waals surface area contributed by atoms with Gasteiger partial charge in [0.2, 0.25) is 0 Å². The van der Waals surface area contributed by atoms with E-state index >= 15 is 0 Å². The molecule has 98 valence electrons. The van der Waals surface area contributed by atoms with Crippen molar-refractivity contribution < 1.29 is 0 Å². The maximum atomic E-state index is 5.98. The monoisotopic (exact) mass is 308 g/mol. The van der Waals surface area contributed by atoms with Gasteiger partial charge in [0, 0.05) is 16.0 Å². The third kappa shape index (κ3) is 2.68. The van der Waals surface area contributed by atoms with Gasteiger partial charge in [0.25, 0.3) is 0 Å². The average molecular weight is 309 g/mol. The normalized spacial score (nSPS) is 12.9. The van der Waals surface area contributed by atoms with Gasteiger partial charge in [-0.15, -0.1) is 22.7 Å². The first kappa shape index (κ1) is 13.1. The van der Waals surface area contributed by atoms with Crippen molar-refractivity contribution in [3.8, 4) is 0 Å². The summed E-state index contributed by atoms with van der Waals surface area (Å²) in [6, 6.07) is 12.5. The fourth-order valence-corrected chi connectivity index (χ4v) is 4.34. The third-order valence-electron chi connectivity index (χ3n) is 3.12. The second kappa shape index (κ2) is 5.61. The number of thiophene rings is 2. The lowest BCUT2D eigenvalue weighted by molar-refractivity contribution is 0.560. The minimum Gasteiger partial charge on any atom is -0.271 e. The highest BCUT2D eigenvalue weighted by Crippen LogP contribution is 2.33. The van der Waals surface area contributed by atoms with Crippen molar-refractivity contribution in [3.05, 3.63) is 56.6 Å². The molecule has 1 atom stereocenters. The van der Waals surface area contributed by atoms with Crippen molar-refractivity contribution >= 4 is 44.4 Å². The summed E-state index contributed by atoms with van der Waals surface area (Å²) in [4.78, 5) is 1.24. The number of benzene rings is 1. The van der Waals surface area contributed by atoms with Crippen LogP contribution in [0.3, 0.4) is 0 Å². The second-order valence-corrected chi connectivity index (χ2v) is 7.03. The van der Waals surface area contributed by atoms with Crippen LogP contribution in [0, 0.1) is 0 Å². The highest BCUT2D eigenvalue weighted by atomic mass is 35.5. The molecule has 2 nitrogen and oxygen atoms in total. The molecular weight excluding hydrogens is 296 g/mol. The van der Waals surface area contributed by atoms with Crippen LogP contribution in [0.15, 0.2) is 41.8 Å². The van der Waals surface area contributed by atoms with Gasteiger partial charge < -0.3 is 0 Å². The van der Waals surface area contributed by atoms with Crippen LogP contribution < -0.4 is 11.3 Å². The molecule has 1 unspecified atom stereocenters. The molecule has 0 aliphatic heterocycles. The predicted octanol–water partition coefficient (Wildman–Crippen LogP) is 4.36. The minimum atomic E-state index is 0.117. The zero-order chi connectivity index (χ0) is 13.2. The number of hydrogen-bond donors (Lipinski definition) is 2. The Labute approximate surface area is 124 Å². The van der Waals surface area contributed by atoms with Gasteiger partial charge in [-0.3, -0.25) is 11.3 Å². The summed E-state index contributed by atoms with van der Waals surface area (Å²) >= 11 is 9.34. The van der Waals surface area contributed by atoms with E-state index in [1.165, 1.54) is 20.5 Å². The van der Waals surface area contributed by atoms with Gasteiger partial charge in [0.1, 0.15) is 0 Å². The largest absolute Gasteiger partial charge is 0.271 e. The Morgan fingerprint density at radius 3 is 2.79 bits per heavy atom. The Balaban J connectivity index is 1.93. The molecule has 3 N–H and O–H groups in total. The van der Waals surface area contributed by atoms with E-state index in [1.807, 2.05) is 6.07 Å². The maximum Gasteiger partial charge on any atom is 0.0931 e. The van der Waals surface area contributed by atoms with E-state index in [-0.39, 0.29) is 6.04 Å². The van der Waals surface area contributed by atoms with Gasteiger partial charge in [-0.2, -0.15) is 0 Å². The third-order valence-corrected chi connectivity index (χ3v) is 5.36. The van der Waals surface area contributed by atoms with Gasteiger partial charge >= 0.3 is 0 Å². The zero-order valence-electron chi connectivity index (χ0n) is 10.1. The molecule has 19 heavy (non-hydrogen) atoms. The lowest BCUT2D eigenvalue weighted by atomic mass is 10.0. The van der Waals surface area contributed by atoms with Crippen molar-refractivity contribution in [3.63, 3.8) is 0 Å². The highest BCUT2D eigenvalue weighted by molar-refractivity contribution is 7.17. The van der Waals surface area contributed by atoms with Gasteiger partial charge in [0.05, 0.1) is 10.4 Å². The zero-order valence-corrected chi connectivity index (χ0v) is 12.5. The molecule has 0 spiro atoms. The summed E-state index contributed by atoms with van der Waals surface area (Å²) in [7, 11) is 0. The van der Waals surface area contributed by atoms with Crippen LogP contribution in [0.5, 0.6) is 0 Å². The Morgan fingerprint density at radius 2 is 2.05 bits per heavy atom. The summed E-state index contributed by atoms with van der Waals surface area (Å²) in [5, 5.41) is 3.46. The Morgan fingerprint density at radius 1 is 1.21 bits per heavy atom. The van der Waals surface area contributed by atoms with Crippen LogP contribution in [0.2, 0.25) is 4.34 Å². The first-order valence-corrected chi connectivity index (χ1v) is 8.02. The van der Waals surface area contributed by atoms with Crippen LogP contribution in [0.1, 0.15) is 16.5 Å². The molecule has 2 heterocycles. The summed E-state index contributed by atoms with van der Waals surface area (Å²) in [6.45, 7) is 0. The lowest BCUT2D eigenvalue weighted by Crippen LogP contribution is -2.29. The molecule has 3 aromatic rings. The molecule has 0 aliphatic carbocycles. The Hall–Kier alpha value is -0.910. The van der Waals surface area contributed by atoms with Gasteiger partial charge in [-0.05, 0) is 34.5 Å². The number of rotatable bonds is 4. The van der Waals surface area contributed by atoms with Crippen molar-refractivity contribution in [2.75, 3.05) is 0 Å². The van der Waals surface area contributed by atoms with E-state index in [9.17, 15) is 0 Å². The number of fused-ring (bicyclic) bond motifs is 1. The lowest BCUT2D eigenvalue weighted by Gasteiger charge is -2.14. The molecule has 0 fully saturated rings. The quantitative estimate of drug-likeness (QED) is 0.555. The van der Waals surface area contributed by atoms with E-state index in [2.05, 4.69) is 41.1 Å². The summed E-state index contributed by atoms with van der Waals surface area (Å²) in [5.41, 5.74) is 4.18. The van der Waals surface area contributed by atoms with Crippen LogP contribution in [0.25, 0.3) is 10.1 Å². The molecule has 0 saturated heterocycles. The summed E-state index contributed by atoms with van der Waals surface area (Å²) in [5.74, 6) is 5.74. The molecule has 5 heteroatoms. The number of nitrogens with one attached hydrogen (secondary N) is 1. The van der Waals surface area contributed by atoms with Crippen molar-refractivity contribution in [2.45, 2.75) is 12.5 Å². The summed E-state index contributed by atoms with van der Waals surface area (Å²) in [6.07, 6.45) is 0.856. The van der Waals surface area contributed by atoms with E-state index in [0.717, 1.165) is 10.8 Å². The standard InChI is InChI=1S/C14H13ClN2S2/c15-14-6-5-9(19-14)7-12(17-16)11-8-18-13-4-2-1-3-10(11)13/h1-6,8,12,17H,7,16H2. The van der Waals surface area contributed by atoms with E-state index < -0.39 is 0 Å². The fraction of sp³-hybridized carbons (Fsp3) is 0.143. The van der Waals surface area contributed by atoms with Crippen LogP contribution in [0.4, 0.5) is 0 Å². The average Bonchev–Trinajstić information content (AvgIpc) is 3.02. The van der Waals surface area contributed by atoms with Gasteiger partial charge in [-0.25, -0.2) is 0 Å². The molecular formula is C14H13ClN2S2. The number of nitrogens with two attached hydrogens (primary N) is 1. The first-order chi connectivity index (χ1) is 9.28. The molecule has 1 aromatic carbocycles. The molecule has 0 radical (unpaired) electrons. The Bertz CT molecular complexity index is 689. The van der Waals surface area contributed by atoms with E-state index in [4.69, 9.17) is 17.4 Å². The fourth-order valence-electron chi connectivity index (χ4n) is 2.19. The smallest absolute Gasteiger partial charge is 0.0931 e. The SMILES string of the molecule is NNC(Cc1ccc(Cl)s1)c1csc2ccccc12. The van der Waals surface area contributed by atoms with Crippen molar-refractivity contribution in [2.24, 2.45) is 5.84 Å².